The summed E-state index contributed by atoms with van der Waals surface area (Å²) in [7, 11) is 4.66. The van der Waals surface area contributed by atoms with Gasteiger partial charge in [0.2, 0.25) is 9.05 Å². The van der Waals surface area contributed by atoms with Crippen LogP contribution in [-0.4, -0.2) is 22.6 Å². The Hall–Kier alpha value is -0.940. The molecule has 0 aromatic heterocycles. The largest absolute Gasteiger partial charge is 0.493 e. The predicted octanol–water partition coefficient (Wildman–Crippen LogP) is 2.33. The van der Waals surface area contributed by atoms with Crippen molar-refractivity contribution < 1.29 is 17.9 Å². The molecule has 16 heavy (non-hydrogen) atoms. The Balaban J connectivity index is 3.18. The van der Waals surface area contributed by atoms with Crippen LogP contribution in [0.5, 0.6) is 11.5 Å². The fraction of sp³-hybridized carbons (Fsp3) is 0.400. The van der Waals surface area contributed by atoms with Gasteiger partial charge in [0.1, 0.15) is 0 Å². The lowest BCUT2D eigenvalue weighted by Crippen LogP contribution is -2.03. The molecule has 1 aromatic carbocycles. The van der Waals surface area contributed by atoms with E-state index in [1.807, 2.05) is 0 Å². The van der Waals surface area contributed by atoms with E-state index in [2.05, 4.69) is 0 Å². The van der Waals surface area contributed by atoms with E-state index in [9.17, 15) is 8.42 Å². The molecule has 1 unspecified atom stereocenters. The van der Waals surface area contributed by atoms with Crippen molar-refractivity contribution in [3.05, 3.63) is 23.8 Å². The molecular weight excluding hydrogens is 252 g/mol. The van der Waals surface area contributed by atoms with Gasteiger partial charge in [-0.3, -0.25) is 0 Å². The summed E-state index contributed by atoms with van der Waals surface area (Å²) < 4.78 is 32.5. The fourth-order valence-corrected chi connectivity index (χ4v) is 2.05. The van der Waals surface area contributed by atoms with Crippen LogP contribution in [0.25, 0.3) is 0 Å². The van der Waals surface area contributed by atoms with Crippen LogP contribution < -0.4 is 9.47 Å². The van der Waals surface area contributed by atoms with Crippen molar-refractivity contribution in [3.8, 4) is 11.5 Å². The second-order valence-electron chi connectivity index (χ2n) is 3.23. The average Bonchev–Trinajstić information content (AvgIpc) is 2.25. The molecule has 0 fully saturated rings. The Morgan fingerprint density at radius 3 is 2.19 bits per heavy atom. The minimum Gasteiger partial charge on any atom is -0.493 e. The zero-order chi connectivity index (χ0) is 12.3. The number of benzene rings is 1. The first-order chi connectivity index (χ1) is 7.40. The number of ether oxygens (including phenoxy) is 2. The van der Waals surface area contributed by atoms with E-state index >= 15 is 0 Å². The quantitative estimate of drug-likeness (QED) is 0.784. The summed E-state index contributed by atoms with van der Waals surface area (Å²) >= 11 is 0. The molecule has 0 amide bonds. The van der Waals surface area contributed by atoms with E-state index in [-0.39, 0.29) is 0 Å². The number of hydrogen-bond donors (Lipinski definition) is 0. The molecule has 1 atom stereocenters. The predicted molar refractivity (Wildman–Crippen MR) is 62.7 cm³/mol. The van der Waals surface area contributed by atoms with Gasteiger partial charge in [-0.25, -0.2) is 8.42 Å². The van der Waals surface area contributed by atoms with E-state index < -0.39 is 14.3 Å². The van der Waals surface area contributed by atoms with Crippen molar-refractivity contribution in [1.82, 2.24) is 0 Å². The molecular formula is C10H13ClO4S. The Labute approximate surface area is 99.6 Å². The molecule has 6 heteroatoms. The third kappa shape index (κ3) is 2.80. The maximum absolute atomic E-state index is 11.2. The summed E-state index contributed by atoms with van der Waals surface area (Å²) in [6.45, 7) is 1.52. The molecule has 0 aliphatic heterocycles. The monoisotopic (exact) mass is 264 g/mol. The van der Waals surface area contributed by atoms with Gasteiger partial charge in [-0.1, -0.05) is 6.07 Å². The minimum absolute atomic E-state index is 0.479. The van der Waals surface area contributed by atoms with Crippen molar-refractivity contribution in [3.63, 3.8) is 0 Å². The topological polar surface area (TPSA) is 52.6 Å². The van der Waals surface area contributed by atoms with Crippen LogP contribution in [-0.2, 0) is 9.05 Å². The Kier molecular flexibility index (Phi) is 4.04. The van der Waals surface area contributed by atoms with Crippen molar-refractivity contribution in [1.29, 1.82) is 0 Å². The first kappa shape index (κ1) is 13.1. The van der Waals surface area contributed by atoms with Crippen LogP contribution in [0, 0.1) is 0 Å². The molecule has 0 bridgehead atoms. The Morgan fingerprint density at radius 1 is 1.19 bits per heavy atom. The summed E-state index contributed by atoms with van der Waals surface area (Å²) in [4.78, 5) is 0. The van der Waals surface area contributed by atoms with Gasteiger partial charge in [0.25, 0.3) is 0 Å². The fourth-order valence-electron chi connectivity index (χ4n) is 1.27. The molecule has 0 aliphatic rings. The zero-order valence-electron chi connectivity index (χ0n) is 9.23. The summed E-state index contributed by atoms with van der Waals surface area (Å²) in [5, 5.41) is -0.783. The van der Waals surface area contributed by atoms with Gasteiger partial charge in [0, 0.05) is 10.7 Å². The highest BCUT2D eigenvalue weighted by Crippen LogP contribution is 2.33. The first-order valence-electron chi connectivity index (χ1n) is 4.55. The molecule has 0 N–H and O–H groups in total. The van der Waals surface area contributed by atoms with Gasteiger partial charge in [-0.05, 0) is 24.6 Å². The van der Waals surface area contributed by atoms with E-state index in [4.69, 9.17) is 20.2 Å². The van der Waals surface area contributed by atoms with Gasteiger partial charge in [0.05, 0.1) is 19.5 Å². The smallest absolute Gasteiger partial charge is 0.239 e. The standard InChI is InChI=1S/C10H13ClO4S/c1-7(16(11,12)13)8-4-5-9(14-2)10(6-8)15-3/h4-7H,1-3H3. The van der Waals surface area contributed by atoms with E-state index in [0.29, 0.717) is 17.1 Å². The highest BCUT2D eigenvalue weighted by molar-refractivity contribution is 8.13. The van der Waals surface area contributed by atoms with Gasteiger partial charge in [0.15, 0.2) is 11.5 Å². The number of hydrogen-bond acceptors (Lipinski definition) is 4. The third-order valence-electron chi connectivity index (χ3n) is 2.30. The van der Waals surface area contributed by atoms with E-state index in [1.165, 1.54) is 21.1 Å². The van der Waals surface area contributed by atoms with Crippen LogP contribution in [0.4, 0.5) is 0 Å². The molecule has 1 aromatic rings. The second kappa shape index (κ2) is 4.93. The van der Waals surface area contributed by atoms with Gasteiger partial charge in [-0.15, -0.1) is 0 Å². The van der Waals surface area contributed by atoms with Crippen LogP contribution in [0.2, 0.25) is 0 Å². The summed E-state index contributed by atoms with van der Waals surface area (Å²) in [5.41, 5.74) is 0.563. The normalized spacial score (nSPS) is 13.2. The highest BCUT2D eigenvalue weighted by Gasteiger charge is 2.21. The number of rotatable bonds is 4. The lowest BCUT2D eigenvalue weighted by molar-refractivity contribution is 0.354. The highest BCUT2D eigenvalue weighted by atomic mass is 35.7. The van der Waals surface area contributed by atoms with Crippen LogP contribution in [0.3, 0.4) is 0 Å². The van der Waals surface area contributed by atoms with Gasteiger partial charge in [-0.2, -0.15) is 0 Å². The Morgan fingerprint density at radius 2 is 1.75 bits per heavy atom. The molecule has 0 saturated heterocycles. The molecule has 0 saturated carbocycles. The van der Waals surface area contributed by atoms with E-state index in [1.54, 1.807) is 18.2 Å². The lowest BCUT2D eigenvalue weighted by Gasteiger charge is -2.12. The van der Waals surface area contributed by atoms with E-state index in [0.717, 1.165) is 0 Å². The summed E-state index contributed by atoms with van der Waals surface area (Å²) in [6, 6.07) is 4.89. The van der Waals surface area contributed by atoms with Gasteiger partial charge < -0.3 is 9.47 Å². The molecule has 90 valence electrons. The maximum atomic E-state index is 11.2. The lowest BCUT2D eigenvalue weighted by atomic mass is 10.1. The average molecular weight is 265 g/mol. The molecule has 0 aliphatic carbocycles. The summed E-state index contributed by atoms with van der Waals surface area (Å²) in [6.07, 6.45) is 0. The van der Waals surface area contributed by atoms with Crippen LogP contribution in [0.15, 0.2) is 18.2 Å². The van der Waals surface area contributed by atoms with Crippen molar-refractivity contribution >= 4 is 19.7 Å². The van der Waals surface area contributed by atoms with Crippen molar-refractivity contribution in [2.75, 3.05) is 14.2 Å². The molecule has 4 nitrogen and oxygen atoms in total. The second-order valence-corrected chi connectivity index (χ2v) is 6.18. The van der Waals surface area contributed by atoms with Crippen LogP contribution >= 0.6 is 10.7 Å². The van der Waals surface area contributed by atoms with Crippen molar-refractivity contribution in [2.24, 2.45) is 0 Å². The zero-order valence-corrected chi connectivity index (χ0v) is 10.8. The number of methoxy groups -OCH3 is 2. The number of halogens is 1. The third-order valence-corrected chi connectivity index (χ3v) is 4.22. The molecule has 0 heterocycles. The summed E-state index contributed by atoms with van der Waals surface area (Å²) in [5.74, 6) is 1.03. The Bertz CT molecular complexity index is 470. The molecule has 0 spiro atoms. The van der Waals surface area contributed by atoms with Crippen molar-refractivity contribution in [2.45, 2.75) is 12.2 Å². The van der Waals surface area contributed by atoms with Gasteiger partial charge >= 0.3 is 0 Å². The molecule has 0 radical (unpaired) electrons. The minimum atomic E-state index is -3.62. The van der Waals surface area contributed by atoms with Crippen LogP contribution in [0.1, 0.15) is 17.7 Å². The molecule has 1 rings (SSSR count). The first-order valence-corrected chi connectivity index (χ1v) is 6.92. The maximum Gasteiger partial charge on any atom is 0.239 e. The SMILES string of the molecule is COc1ccc(C(C)S(=O)(=O)Cl)cc1OC.